The molecule has 0 saturated heterocycles. The molecule has 0 saturated carbocycles. The maximum Gasteiger partial charge on any atom is 0.416 e. The molecule has 3 aromatic rings. The van der Waals surface area contributed by atoms with Gasteiger partial charge >= 0.3 is 12.1 Å². The molecule has 2 aromatic carbocycles. The summed E-state index contributed by atoms with van der Waals surface area (Å²) in [6.07, 6.45) is -4.41. The minimum atomic E-state index is -4.41. The zero-order valence-corrected chi connectivity index (χ0v) is 15.3. The number of halogens is 3. The van der Waals surface area contributed by atoms with Crippen molar-refractivity contribution in [2.24, 2.45) is 0 Å². The third-order valence-electron chi connectivity index (χ3n) is 4.01. The minimum absolute atomic E-state index is 0.131. The van der Waals surface area contributed by atoms with Crippen molar-refractivity contribution in [3.8, 4) is 0 Å². The lowest BCUT2D eigenvalue weighted by Crippen LogP contribution is -2.25. The maximum absolute atomic E-state index is 13.0. The molecule has 0 atom stereocenters. The molecule has 3 nitrogen and oxygen atoms in total. The number of benzene rings is 2. The molecule has 3 rings (SSSR count). The predicted molar refractivity (Wildman–Crippen MR) is 97.7 cm³/mol. The molecule has 0 bridgehead atoms. The summed E-state index contributed by atoms with van der Waals surface area (Å²) in [6.45, 7) is 5.44. The number of ether oxygens (including phenoxy) is 1. The molecule has 1 aromatic heterocycles. The molecule has 0 fully saturated rings. The van der Waals surface area contributed by atoms with Crippen LogP contribution in [0.15, 0.2) is 54.6 Å². The predicted octanol–water partition coefficient (Wildman–Crippen LogP) is 5.66. The van der Waals surface area contributed by atoms with Crippen molar-refractivity contribution in [2.45, 2.75) is 39.1 Å². The van der Waals surface area contributed by atoms with Crippen molar-refractivity contribution >= 4 is 16.9 Å². The quantitative estimate of drug-likeness (QED) is 0.553. The molecule has 0 N–H and O–H groups in total. The van der Waals surface area contributed by atoms with Crippen LogP contribution in [0, 0.1) is 0 Å². The van der Waals surface area contributed by atoms with E-state index in [9.17, 15) is 18.0 Å². The molecule has 142 valence electrons. The van der Waals surface area contributed by atoms with Crippen LogP contribution in [0.25, 0.3) is 10.9 Å². The zero-order chi connectivity index (χ0) is 19.8. The van der Waals surface area contributed by atoms with Gasteiger partial charge < -0.3 is 9.30 Å². The number of hydrogen-bond acceptors (Lipinski definition) is 2. The van der Waals surface area contributed by atoms with Gasteiger partial charge in [-0.2, -0.15) is 13.2 Å². The van der Waals surface area contributed by atoms with Crippen LogP contribution in [0.2, 0.25) is 0 Å². The standard InChI is InChI=1S/C21H20F3NO2/c1-20(2,3)27-19(26)18-12-15-8-4-5-10-17(15)25(18)13-14-7-6-9-16(11-14)21(22,23)24/h4-12H,13H2,1-3H3. The molecule has 0 aliphatic carbocycles. The van der Waals surface area contributed by atoms with E-state index in [0.29, 0.717) is 11.3 Å². The first-order valence-corrected chi connectivity index (χ1v) is 8.52. The Morgan fingerprint density at radius 2 is 1.70 bits per heavy atom. The van der Waals surface area contributed by atoms with Crippen molar-refractivity contribution < 1.29 is 22.7 Å². The summed E-state index contributed by atoms with van der Waals surface area (Å²) in [4.78, 5) is 12.6. The van der Waals surface area contributed by atoms with Crippen LogP contribution in [-0.2, 0) is 17.5 Å². The second kappa shape index (κ2) is 6.76. The minimum Gasteiger partial charge on any atom is -0.455 e. The average Bonchev–Trinajstić information content (AvgIpc) is 2.92. The number of carbonyl (C=O) groups is 1. The van der Waals surface area contributed by atoms with Gasteiger partial charge in [-0.3, -0.25) is 0 Å². The summed E-state index contributed by atoms with van der Waals surface area (Å²) in [7, 11) is 0. The molecule has 0 unspecified atom stereocenters. The second-order valence-electron chi connectivity index (χ2n) is 7.37. The fourth-order valence-electron chi connectivity index (χ4n) is 2.91. The van der Waals surface area contributed by atoms with Gasteiger partial charge in [0.05, 0.1) is 5.56 Å². The first kappa shape index (κ1) is 19.0. The van der Waals surface area contributed by atoms with Gasteiger partial charge in [0, 0.05) is 17.4 Å². The highest BCUT2D eigenvalue weighted by atomic mass is 19.4. The Hall–Kier alpha value is -2.76. The highest BCUT2D eigenvalue weighted by Crippen LogP contribution is 2.30. The van der Waals surface area contributed by atoms with Crippen LogP contribution in [0.1, 0.15) is 42.4 Å². The maximum atomic E-state index is 13.0. The van der Waals surface area contributed by atoms with Gasteiger partial charge in [0.2, 0.25) is 0 Å². The molecule has 0 spiro atoms. The number of para-hydroxylation sites is 1. The summed E-state index contributed by atoms with van der Waals surface area (Å²) < 4.78 is 46.2. The Kier molecular flexibility index (Phi) is 4.76. The van der Waals surface area contributed by atoms with E-state index in [1.807, 2.05) is 24.3 Å². The van der Waals surface area contributed by atoms with E-state index in [1.165, 1.54) is 6.07 Å². The Morgan fingerprint density at radius 1 is 1.00 bits per heavy atom. The lowest BCUT2D eigenvalue weighted by atomic mass is 10.1. The Morgan fingerprint density at radius 3 is 2.37 bits per heavy atom. The van der Waals surface area contributed by atoms with E-state index in [0.717, 1.165) is 23.0 Å². The first-order valence-electron chi connectivity index (χ1n) is 8.52. The van der Waals surface area contributed by atoms with Gasteiger partial charge in [-0.15, -0.1) is 0 Å². The van der Waals surface area contributed by atoms with Gasteiger partial charge in [0.15, 0.2) is 0 Å². The molecule has 1 heterocycles. The third-order valence-corrected chi connectivity index (χ3v) is 4.01. The highest BCUT2D eigenvalue weighted by molar-refractivity contribution is 5.95. The van der Waals surface area contributed by atoms with Gasteiger partial charge in [-0.1, -0.05) is 30.3 Å². The lowest BCUT2D eigenvalue weighted by molar-refractivity contribution is -0.137. The van der Waals surface area contributed by atoms with Crippen LogP contribution < -0.4 is 0 Å². The van der Waals surface area contributed by atoms with Crippen molar-refractivity contribution in [2.75, 3.05) is 0 Å². The summed E-state index contributed by atoms with van der Waals surface area (Å²) in [6, 6.07) is 14.2. The van der Waals surface area contributed by atoms with Crippen LogP contribution >= 0.6 is 0 Å². The lowest BCUT2D eigenvalue weighted by Gasteiger charge is -2.20. The fraction of sp³-hybridized carbons (Fsp3) is 0.286. The Bertz CT molecular complexity index is 981. The van der Waals surface area contributed by atoms with E-state index in [-0.39, 0.29) is 6.54 Å². The molecular weight excluding hydrogens is 355 g/mol. The van der Waals surface area contributed by atoms with Gasteiger partial charge in [-0.25, -0.2) is 4.79 Å². The van der Waals surface area contributed by atoms with Gasteiger partial charge in [0.25, 0.3) is 0 Å². The normalized spacial score (nSPS) is 12.4. The van der Waals surface area contributed by atoms with Gasteiger partial charge in [-0.05, 0) is 50.6 Å². The molecule has 27 heavy (non-hydrogen) atoms. The number of rotatable bonds is 3. The van der Waals surface area contributed by atoms with Crippen LogP contribution in [0.5, 0.6) is 0 Å². The van der Waals surface area contributed by atoms with Gasteiger partial charge in [0.1, 0.15) is 11.3 Å². The van der Waals surface area contributed by atoms with Crippen molar-refractivity contribution in [3.63, 3.8) is 0 Å². The van der Waals surface area contributed by atoms with E-state index in [2.05, 4.69) is 0 Å². The zero-order valence-electron chi connectivity index (χ0n) is 15.3. The highest BCUT2D eigenvalue weighted by Gasteiger charge is 2.30. The van der Waals surface area contributed by atoms with Crippen molar-refractivity contribution in [1.29, 1.82) is 0 Å². The molecule has 0 aliphatic heterocycles. The number of nitrogens with zero attached hydrogens (tertiary/aromatic N) is 1. The van der Waals surface area contributed by atoms with Crippen molar-refractivity contribution in [3.05, 3.63) is 71.4 Å². The Balaban J connectivity index is 2.05. The summed E-state index contributed by atoms with van der Waals surface area (Å²) in [5.74, 6) is -0.509. The molecule has 0 amide bonds. The molecule has 0 aliphatic rings. The van der Waals surface area contributed by atoms with E-state index in [1.54, 1.807) is 37.5 Å². The summed E-state index contributed by atoms with van der Waals surface area (Å²) in [5, 5.41) is 0.824. The second-order valence-corrected chi connectivity index (χ2v) is 7.37. The molecular formula is C21H20F3NO2. The largest absolute Gasteiger partial charge is 0.455 e. The third kappa shape index (κ3) is 4.32. The smallest absolute Gasteiger partial charge is 0.416 e. The SMILES string of the molecule is CC(C)(C)OC(=O)c1cc2ccccc2n1Cc1cccc(C(F)(F)F)c1. The monoisotopic (exact) mass is 375 g/mol. The van der Waals surface area contributed by atoms with E-state index < -0.39 is 23.3 Å². The Labute approximate surface area is 155 Å². The number of esters is 1. The van der Waals surface area contributed by atoms with E-state index >= 15 is 0 Å². The average molecular weight is 375 g/mol. The van der Waals surface area contributed by atoms with Crippen molar-refractivity contribution in [1.82, 2.24) is 4.57 Å². The number of carbonyl (C=O) groups excluding carboxylic acids is 1. The number of hydrogen-bond donors (Lipinski definition) is 0. The fourth-order valence-corrected chi connectivity index (χ4v) is 2.91. The topological polar surface area (TPSA) is 31.2 Å². The summed E-state index contributed by atoms with van der Waals surface area (Å²) >= 11 is 0. The number of aromatic nitrogens is 1. The number of fused-ring (bicyclic) bond motifs is 1. The van der Waals surface area contributed by atoms with Crippen LogP contribution in [-0.4, -0.2) is 16.1 Å². The van der Waals surface area contributed by atoms with E-state index in [4.69, 9.17) is 4.74 Å². The summed E-state index contributed by atoms with van der Waals surface area (Å²) in [5.41, 5.74) is 0.139. The van der Waals surface area contributed by atoms with Crippen LogP contribution in [0.3, 0.4) is 0 Å². The number of alkyl halides is 3. The molecule has 6 heteroatoms. The molecule has 0 radical (unpaired) electrons. The van der Waals surface area contributed by atoms with Crippen LogP contribution in [0.4, 0.5) is 13.2 Å². The first-order chi connectivity index (χ1) is 12.5.